The molecule has 49 heavy (non-hydrogen) atoms. The van der Waals surface area contributed by atoms with E-state index in [1.165, 1.54) is 18.4 Å². The second-order valence-electron chi connectivity index (χ2n) is 12.0. The molecule has 0 spiro atoms. The van der Waals surface area contributed by atoms with Gasteiger partial charge in [-0.2, -0.15) is 0 Å². The lowest BCUT2D eigenvalue weighted by atomic mass is 10.0. The molecule has 2 N–H and O–H groups in total. The molecule has 2 aromatic heterocycles. The van der Waals surface area contributed by atoms with E-state index in [-0.39, 0.29) is 12.1 Å². The fraction of sp³-hybridized carbons (Fsp3) is 0.250. The van der Waals surface area contributed by atoms with Crippen LogP contribution >= 0.6 is 0 Å². The van der Waals surface area contributed by atoms with Crippen LogP contribution in [0.4, 0.5) is 26.2 Å². The number of amides is 2. The molecule has 0 aliphatic carbocycles. The fourth-order valence-corrected chi connectivity index (χ4v) is 6.45. The Bertz CT molecular complexity index is 2030. The van der Waals surface area contributed by atoms with Crippen LogP contribution in [0.2, 0.25) is 0 Å². The number of hydrogen-bond donors (Lipinski definition) is 2. The van der Waals surface area contributed by atoms with Crippen LogP contribution in [-0.4, -0.2) is 54.7 Å². The minimum Gasteiger partial charge on any atom is -0.445 e. The highest BCUT2D eigenvalue weighted by Crippen LogP contribution is 2.30. The van der Waals surface area contributed by atoms with Crippen LogP contribution in [0.3, 0.4) is 0 Å². The van der Waals surface area contributed by atoms with Crippen LogP contribution in [0.5, 0.6) is 11.6 Å². The highest BCUT2D eigenvalue weighted by Gasteiger charge is 2.30. The van der Waals surface area contributed by atoms with Gasteiger partial charge in [0.25, 0.3) is 0 Å². The van der Waals surface area contributed by atoms with Crippen LogP contribution in [0, 0.1) is 19.7 Å². The molecule has 0 atom stereocenters. The number of pyridine rings is 1. The molecule has 5 aromatic rings. The average molecular weight is 685 g/mol. The van der Waals surface area contributed by atoms with Gasteiger partial charge in [-0.3, -0.25) is 14.5 Å². The predicted molar refractivity (Wildman–Crippen MR) is 187 cm³/mol. The first kappa shape index (κ1) is 33.6. The number of halogens is 1. The Morgan fingerprint density at radius 1 is 1.02 bits per heavy atom. The van der Waals surface area contributed by atoms with Crippen LogP contribution in [0.15, 0.2) is 95.7 Å². The van der Waals surface area contributed by atoms with E-state index in [0.717, 1.165) is 41.7 Å². The molecular formula is C36H37FN6O5S. The van der Waals surface area contributed by atoms with Gasteiger partial charge >= 0.3 is 6.03 Å². The van der Waals surface area contributed by atoms with Crippen molar-refractivity contribution in [3.05, 3.63) is 114 Å². The van der Waals surface area contributed by atoms with Gasteiger partial charge in [0.1, 0.15) is 17.8 Å². The molecule has 254 valence electrons. The fourth-order valence-electron chi connectivity index (χ4n) is 5.88. The first-order chi connectivity index (χ1) is 23.5. The van der Waals surface area contributed by atoms with Crippen molar-refractivity contribution in [3.63, 3.8) is 0 Å². The summed E-state index contributed by atoms with van der Waals surface area (Å²) in [5.74, 6) is 1.02. The van der Waals surface area contributed by atoms with Crippen molar-refractivity contribution in [2.45, 2.75) is 39.3 Å². The number of nitrogens with one attached hydrogen (secondary N) is 2. The lowest BCUT2D eigenvalue weighted by Crippen LogP contribution is -2.49. The quantitative estimate of drug-likeness (QED) is 0.156. The highest BCUT2D eigenvalue weighted by atomic mass is 32.2. The number of sulfonamides is 1. The summed E-state index contributed by atoms with van der Waals surface area (Å²) >= 11 is 0. The lowest BCUT2D eigenvalue weighted by molar-refractivity contribution is 0.199. The third kappa shape index (κ3) is 8.61. The third-order valence-corrected chi connectivity index (χ3v) is 8.93. The van der Waals surface area contributed by atoms with E-state index >= 15 is 0 Å². The Hall–Kier alpha value is -5.27. The monoisotopic (exact) mass is 684 g/mol. The van der Waals surface area contributed by atoms with Gasteiger partial charge in [0.15, 0.2) is 0 Å². The standard InChI is InChI=1S/C36H37FN6O5S/c1-24-7-9-29(22-33(24)35-38-17-20-47-35)40-36(44)43(31-6-4-5-27(37)21-31)30-15-18-42(19-16-30)23-26-8-14-34(39-25(26)2)48-32-12-10-28(11-13-32)41-49(3,45)46/h4-14,17,20-22,30,41H,15-16,18-19,23H2,1-3H3,(H,40,44). The number of carbonyl (C=O) groups excluding carboxylic acids is 1. The Kier molecular flexibility index (Phi) is 9.92. The van der Waals surface area contributed by atoms with Gasteiger partial charge in [0.05, 0.1) is 12.5 Å². The topological polar surface area (TPSA) is 130 Å². The van der Waals surface area contributed by atoms with Crippen LogP contribution in [0.1, 0.15) is 29.7 Å². The summed E-state index contributed by atoms with van der Waals surface area (Å²) in [6, 6.07) is 21.6. The summed E-state index contributed by atoms with van der Waals surface area (Å²) < 4.78 is 51.1. The number of carbonyl (C=O) groups is 1. The van der Waals surface area contributed by atoms with E-state index < -0.39 is 15.8 Å². The molecule has 2 amide bonds. The van der Waals surface area contributed by atoms with Gasteiger partial charge < -0.3 is 14.5 Å². The number of aryl methyl sites for hydroxylation is 2. The van der Waals surface area contributed by atoms with Crippen molar-refractivity contribution in [1.82, 2.24) is 14.9 Å². The second-order valence-corrected chi connectivity index (χ2v) is 13.8. The van der Waals surface area contributed by atoms with Crippen molar-refractivity contribution in [1.29, 1.82) is 0 Å². The summed E-state index contributed by atoms with van der Waals surface area (Å²) in [5.41, 5.74) is 5.14. The summed E-state index contributed by atoms with van der Waals surface area (Å²) in [5, 5.41) is 3.01. The first-order valence-electron chi connectivity index (χ1n) is 15.8. The summed E-state index contributed by atoms with van der Waals surface area (Å²) in [7, 11) is -3.36. The number of urea groups is 1. The molecule has 3 heterocycles. The minimum absolute atomic E-state index is 0.149. The molecule has 1 aliphatic heterocycles. The molecular weight excluding hydrogens is 647 g/mol. The van der Waals surface area contributed by atoms with E-state index in [2.05, 4.69) is 24.9 Å². The van der Waals surface area contributed by atoms with Crippen molar-refractivity contribution in [2.75, 3.05) is 34.3 Å². The Morgan fingerprint density at radius 3 is 2.45 bits per heavy atom. The van der Waals surface area contributed by atoms with Crippen molar-refractivity contribution in [2.24, 2.45) is 0 Å². The number of anilines is 3. The van der Waals surface area contributed by atoms with E-state index in [1.807, 2.05) is 44.2 Å². The van der Waals surface area contributed by atoms with Gasteiger partial charge in [-0.15, -0.1) is 0 Å². The van der Waals surface area contributed by atoms with Crippen molar-refractivity contribution < 1.29 is 26.8 Å². The maximum atomic E-state index is 14.4. The number of nitrogens with zero attached hydrogens (tertiary/aromatic N) is 4. The first-order valence-corrected chi connectivity index (χ1v) is 17.7. The Balaban J connectivity index is 1.10. The van der Waals surface area contributed by atoms with Crippen LogP contribution in [0.25, 0.3) is 11.5 Å². The Labute approximate surface area is 284 Å². The molecule has 1 fully saturated rings. The number of oxazole rings is 1. The van der Waals surface area contributed by atoms with Crippen LogP contribution in [-0.2, 0) is 16.6 Å². The molecule has 0 radical (unpaired) electrons. The normalized spacial score (nSPS) is 14.0. The number of aromatic nitrogens is 2. The SMILES string of the molecule is Cc1ccc(NC(=O)N(c2cccc(F)c2)C2CCN(Cc3ccc(Oc4ccc(NS(C)(=O)=O)cc4)nc3C)CC2)cc1-c1ncco1. The second kappa shape index (κ2) is 14.5. The molecule has 3 aromatic carbocycles. The van der Waals surface area contributed by atoms with E-state index in [1.54, 1.807) is 47.5 Å². The predicted octanol–water partition coefficient (Wildman–Crippen LogP) is 7.36. The van der Waals surface area contributed by atoms with Gasteiger partial charge in [-0.25, -0.2) is 27.6 Å². The van der Waals surface area contributed by atoms with E-state index in [4.69, 9.17) is 9.15 Å². The van der Waals surface area contributed by atoms with Gasteiger partial charge in [0, 0.05) is 60.1 Å². The molecule has 1 aliphatic rings. The van der Waals surface area contributed by atoms with Crippen molar-refractivity contribution >= 4 is 33.1 Å². The van der Waals surface area contributed by atoms with Crippen LogP contribution < -0.4 is 19.7 Å². The number of ether oxygens (including phenoxy) is 1. The average Bonchev–Trinajstić information content (AvgIpc) is 3.60. The zero-order chi connectivity index (χ0) is 34.5. The molecule has 13 heteroatoms. The Morgan fingerprint density at radius 2 is 1.78 bits per heavy atom. The van der Waals surface area contributed by atoms with Gasteiger partial charge in [0.2, 0.25) is 21.8 Å². The lowest BCUT2D eigenvalue weighted by Gasteiger charge is -2.38. The number of piperidine rings is 1. The minimum atomic E-state index is -3.36. The number of benzene rings is 3. The number of likely N-dealkylation sites (tertiary alicyclic amines) is 1. The molecule has 1 saturated heterocycles. The summed E-state index contributed by atoms with van der Waals surface area (Å²) in [6.07, 6.45) is 5.56. The largest absolute Gasteiger partial charge is 0.445 e. The number of hydrogen-bond acceptors (Lipinski definition) is 8. The highest BCUT2D eigenvalue weighted by molar-refractivity contribution is 7.92. The smallest absolute Gasteiger partial charge is 0.326 e. The maximum absolute atomic E-state index is 14.4. The zero-order valence-corrected chi connectivity index (χ0v) is 28.2. The summed E-state index contributed by atoms with van der Waals surface area (Å²) in [4.78, 5) is 26.7. The molecule has 0 unspecified atom stereocenters. The maximum Gasteiger partial charge on any atom is 0.326 e. The van der Waals surface area contributed by atoms with E-state index in [9.17, 15) is 17.6 Å². The summed E-state index contributed by atoms with van der Waals surface area (Å²) in [6.45, 7) is 6.02. The van der Waals surface area contributed by atoms with Gasteiger partial charge in [-0.1, -0.05) is 18.2 Å². The van der Waals surface area contributed by atoms with Gasteiger partial charge in [-0.05, 0) is 92.4 Å². The molecule has 0 saturated carbocycles. The molecule has 11 nitrogen and oxygen atoms in total. The molecule has 0 bridgehead atoms. The van der Waals surface area contributed by atoms with E-state index in [0.29, 0.717) is 54.0 Å². The number of rotatable bonds is 10. The zero-order valence-electron chi connectivity index (χ0n) is 27.4. The molecule has 6 rings (SSSR count). The van der Waals surface area contributed by atoms with Crippen molar-refractivity contribution in [3.8, 4) is 23.1 Å². The third-order valence-electron chi connectivity index (χ3n) is 8.32.